The molecule has 5 nitrogen and oxygen atoms in total. The molecule has 0 amide bonds. The van der Waals surface area contributed by atoms with E-state index in [1.165, 1.54) is 0 Å². The van der Waals surface area contributed by atoms with Gasteiger partial charge in [-0.25, -0.2) is 4.98 Å². The number of nitriles is 1. The summed E-state index contributed by atoms with van der Waals surface area (Å²) < 4.78 is 43.2. The normalized spacial score (nSPS) is 11.1. The minimum Gasteiger partial charge on any atom is -0.494 e. The van der Waals surface area contributed by atoms with Crippen molar-refractivity contribution in [3.63, 3.8) is 0 Å². The van der Waals surface area contributed by atoms with Crippen molar-refractivity contribution in [2.75, 3.05) is 12.4 Å². The predicted molar refractivity (Wildman–Crippen MR) is 81.9 cm³/mol. The molecule has 1 N–H and O–H groups in total. The fraction of sp³-hybridized carbons (Fsp3) is 0.267. The SMILES string of the molecule is N#Cc1ccc(OCCCSc2nc(C(F)(F)F)cc(=O)[nH]2)cc1. The van der Waals surface area contributed by atoms with Crippen LogP contribution in [0.2, 0.25) is 0 Å². The molecule has 0 aliphatic rings. The van der Waals surface area contributed by atoms with Gasteiger partial charge >= 0.3 is 6.18 Å². The largest absolute Gasteiger partial charge is 0.494 e. The van der Waals surface area contributed by atoms with Gasteiger partial charge in [0, 0.05) is 11.8 Å². The van der Waals surface area contributed by atoms with E-state index in [2.05, 4.69) is 9.97 Å². The van der Waals surface area contributed by atoms with Crippen LogP contribution >= 0.6 is 11.8 Å². The number of halogens is 3. The van der Waals surface area contributed by atoms with Crippen molar-refractivity contribution in [2.45, 2.75) is 17.8 Å². The van der Waals surface area contributed by atoms with E-state index in [9.17, 15) is 18.0 Å². The molecule has 0 radical (unpaired) electrons. The second kappa shape index (κ2) is 7.88. The third kappa shape index (κ3) is 5.31. The van der Waals surface area contributed by atoms with Crippen molar-refractivity contribution in [2.24, 2.45) is 0 Å². The van der Waals surface area contributed by atoms with Crippen LogP contribution in [0.15, 0.2) is 40.3 Å². The van der Waals surface area contributed by atoms with Crippen LogP contribution in [-0.4, -0.2) is 22.3 Å². The zero-order chi connectivity index (χ0) is 17.6. The van der Waals surface area contributed by atoms with Crippen LogP contribution in [0.4, 0.5) is 13.2 Å². The Balaban J connectivity index is 1.81. The first-order chi connectivity index (χ1) is 11.4. The molecule has 1 aromatic heterocycles. The highest BCUT2D eigenvalue weighted by Crippen LogP contribution is 2.27. The van der Waals surface area contributed by atoms with Gasteiger partial charge in [0.2, 0.25) is 0 Å². The van der Waals surface area contributed by atoms with Crippen molar-refractivity contribution in [1.29, 1.82) is 5.26 Å². The molecule has 24 heavy (non-hydrogen) atoms. The predicted octanol–water partition coefficient (Wildman–Crippen LogP) is 3.22. The zero-order valence-electron chi connectivity index (χ0n) is 12.3. The lowest BCUT2D eigenvalue weighted by atomic mass is 10.2. The fourth-order valence-electron chi connectivity index (χ4n) is 1.69. The zero-order valence-corrected chi connectivity index (χ0v) is 13.1. The summed E-state index contributed by atoms with van der Waals surface area (Å²) in [7, 11) is 0. The van der Waals surface area contributed by atoms with Gasteiger partial charge < -0.3 is 9.72 Å². The molecule has 0 bridgehead atoms. The highest BCUT2D eigenvalue weighted by molar-refractivity contribution is 7.99. The van der Waals surface area contributed by atoms with Crippen LogP contribution in [0.5, 0.6) is 5.75 Å². The number of H-pyrrole nitrogens is 1. The summed E-state index contributed by atoms with van der Waals surface area (Å²) in [5.41, 5.74) is -1.52. The van der Waals surface area contributed by atoms with E-state index in [4.69, 9.17) is 10.00 Å². The van der Waals surface area contributed by atoms with Crippen LogP contribution in [0.3, 0.4) is 0 Å². The summed E-state index contributed by atoms with van der Waals surface area (Å²) >= 11 is 1.02. The maximum absolute atomic E-state index is 12.6. The first-order valence-electron chi connectivity index (χ1n) is 6.83. The van der Waals surface area contributed by atoms with E-state index in [1.807, 2.05) is 6.07 Å². The Labute approximate surface area is 139 Å². The topological polar surface area (TPSA) is 78.8 Å². The van der Waals surface area contributed by atoms with E-state index in [1.54, 1.807) is 24.3 Å². The molecule has 0 aliphatic carbocycles. The Kier molecular flexibility index (Phi) is 5.87. The average Bonchev–Trinajstić information content (AvgIpc) is 2.54. The summed E-state index contributed by atoms with van der Waals surface area (Å²) in [4.78, 5) is 16.9. The Morgan fingerprint density at radius 3 is 2.62 bits per heavy atom. The summed E-state index contributed by atoms with van der Waals surface area (Å²) in [5, 5.41) is 8.60. The van der Waals surface area contributed by atoms with Gasteiger partial charge in [-0.05, 0) is 30.7 Å². The Morgan fingerprint density at radius 2 is 2.00 bits per heavy atom. The number of hydrogen-bond donors (Lipinski definition) is 1. The molecule has 0 fully saturated rings. The molecule has 1 heterocycles. The number of aromatic nitrogens is 2. The highest BCUT2D eigenvalue weighted by atomic mass is 32.2. The monoisotopic (exact) mass is 355 g/mol. The van der Waals surface area contributed by atoms with Crippen molar-refractivity contribution < 1.29 is 17.9 Å². The van der Waals surface area contributed by atoms with Gasteiger partial charge in [-0.1, -0.05) is 11.8 Å². The lowest BCUT2D eigenvalue weighted by Gasteiger charge is -2.08. The van der Waals surface area contributed by atoms with E-state index >= 15 is 0 Å². The third-order valence-corrected chi connectivity index (χ3v) is 3.75. The lowest BCUT2D eigenvalue weighted by molar-refractivity contribution is -0.141. The standard InChI is InChI=1S/C15H12F3N3O2S/c16-15(17,18)12-8-13(22)21-14(20-12)24-7-1-6-23-11-4-2-10(9-19)3-5-11/h2-5,8H,1,6-7H2,(H,20,21,22). The maximum atomic E-state index is 12.6. The molecular weight excluding hydrogens is 343 g/mol. The Hall–Kier alpha value is -2.47. The smallest absolute Gasteiger partial charge is 0.433 e. The van der Waals surface area contributed by atoms with Crippen LogP contribution < -0.4 is 10.3 Å². The minimum atomic E-state index is -4.65. The van der Waals surface area contributed by atoms with E-state index in [0.717, 1.165) is 11.8 Å². The molecule has 0 atom stereocenters. The van der Waals surface area contributed by atoms with E-state index in [-0.39, 0.29) is 5.16 Å². The summed E-state index contributed by atoms with van der Waals surface area (Å²) in [6.45, 7) is 0.349. The fourth-order valence-corrected chi connectivity index (χ4v) is 2.48. The van der Waals surface area contributed by atoms with Gasteiger partial charge in [-0.15, -0.1) is 0 Å². The number of nitrogens with one attached hydrogen (secondary N) is 1. The quantitative estimate of drug-likeness (QED) is 0.489. The van der Waals surface area contributed by atoms with Crippen molar-refractivity contribution in [1.82, 2.24) is 9.97 Å². The van der Waals surface area contributed by atoms with Crippen molar-refractivity contribution >= 4 is 11.8 Å². The molecule has 0 aliphatic heterocycles. The van der Waals surface area contributed by atoms with Crippen LogP contribution in [-0.2, 0) is 6.18 Å². The first kappa shape index (κ1) is 17.9. The molecule has 0 spiro atoms. The van der Waals surface area contributed by atoms with E-state index in [0.29, 0.717) is 36.2 Å². The molecule has 126 valence electrons. The molecule has 0 saturated carbocycles. The van der Waals surface area contributed by atoms with Gasteiger partial charge in [-0.2, -0.15) is 18.4 Å². The van der Waals surface area contributed by atoms with Crippen molar-refractivity contribution in [3.05, 3.63) is 51.9 Å². The molecule has 2 rings (SSSR count). The number of alkyl halides is 3. The number of nitrogens with zero attached hydrogens (tertiary/aromatic N) is 2. The minimum absolute atomic E-state index is 0.0757. The lowest BCUT2D eigenvalue weighted by Crippen LogP contribution is -2.16. The summed E-state index contributed by atoms with van der Waals surface area (Å²) in [6.07, 6.45) is -4.10. The number of rotatable bonds is 6. The van der Waals surface area contributed by atoms with Crippen molar-refractivity contribution in [3.8, 4) is 11.8 Å². The second-order valence-electron chi connectivity index (χ2n) is 4.62. The molecule has 9 heteroatoms. The second-order valence-corrected chi connectivity index (χ2v) is 5.70. The molecule has 1 aromatic carbocycles. The van der Waals surface area contributed by atoms with Gasteiger partial charge in [0.05, 0.1) is 18.2 Å². The molecule has 0 saturated heterocycles. The maximum Gasteiger partial charge on any atom is 0.433 e. The van der Waals surface area contributed by atoms with E-state index < -0.39 is 17.4 Å². The van der Waals surface area contributed by atoms with Gasteiger partial charge in [-0.3, -0.25) is 4.79 Å². The number of ether oxygens (including phenoxy) is 1. The molecule has 0 unspecified atom stereocenters. The van der Waals surface area contributed by atoms with Crippen LogP contribution in [0.25, 0.3) is 0 Å². The van der Waals surface area contributed by atoms with Gasteiger partial charge in [0.15, 0.2) is 10.9 Å². The average molecular weight is 355 g/mol. The Bertz CT molecular complexity index is 782. The Morgan fingerprint density at radius 1 is 1.29 bits per heavy atom. The highest BCUT2D eigenvalue weighted by Gasteiger charge is 2.33. The third-order valence-electron chi connectivity index (χ3n) is 2.79. The number of hydrogen-bond acceptors (Lipinski definition) is 5. The summed E-state index contributed by atoms with van der Waals surface area (Å²) in [5.74, 6) is 1.03. The van der Waals surface area contributed by atoms with Gasteiger partial charge in [0.1, 0.15) is 5.75 Å². The number of thioether (sulfide) groups is 1. The first-order valence-corrected chi connectivity index (χ1v) is 7.81. The van der Waals surface area contributed by atoms with Crippen LogP contribution in [0, 0.1) is 11.3 Å². The summed E-state index contributed by atoms with van der Waals surface area (Å²) in [6, 6.07) is 9.00. The molecule has 2 aromatic rings. The number of benzene rings is 1. The molecular formula is C15H12F3N3O2S. The number of aromatic amines is 1. The van der Waals surface area contributed by atoms with Crippen LogP contribution in [0.1, 0.15) is 17.7 Å². The van der Waals surface area contributed by atoms with Gasteiger partial charge in [0.25, 0.3) is 5.56 Å².